The van der Waals surface area contributed by atoms with Gasteiger partial charge in [-0.1, -0.05) is 42.5 Å². The maximum absolute atomic E-state index is 13.1. The molecule has 0 radical (unpaired) electrons. The average molecular weight is 426 g/mol. The van der Waals surface area contributed by atoms with E-state index in [1.165, 1.54) is 10.4 Å². The summed E-state index contributed by atoms with van der Waals surface area (Å²) in [6.45, 7) is 4.80. The Hall–Kier alpha value is -3.44. The molecule has 4 aromatic rings. The number of benzene rings is 3. The molecule has 5 rings (SSSR count). The van der Waals surface area contributed by atoms with Crippen molar-refractivity contribution < 1.29 is 4.79 Å². The number of carbonyl (C=O) groups is 1. The molecule has 1 amide bonds. The van der Waals surface area contributed by atoms with Crippen LogP contribution in [-0.4, -0.2) is 17.4 Å². The highest BCUT2D eigenvalue weighted by atomic mass is 32.1. The van der Waals surface area contributed by atoms with E-state index >= 15 is 0 Å². The zero-order valence-electron chi connectivity index (χ0n) is 17.6. The molecule has 0 fully saturated rings. The van der Waals surface area contributed by atoms with Gasteiger partial charge in [0.05, 0.1) is 5.69 Å². The van der Waals surface area contributed by atoms with Crippen LogP contribution >= 0.6 is 11.3 Å². The van der Waals surface area contributed by atoms with Gasteiger partial charge in [-0.2, -0.15) is 0 Å². The van der Waals surface area contributed by atoms with Crippen molar-refractivity contribution in [2.24, 2.45) is 0 Å². The summed E-state index contributed by atoms with van der Waals surface area (Å²) in [5, 5.41) is 4.27. The predicted octanol–water partition coefficient (Wildman–Crippen LogP) is 6.37. The molecule has 1 aromatic heterocycles. The summed E-state index contributed by atoms with van der Waals surface area (Å²) in [5.41, 5.74) is 7.10. The third-order valence-electron chi connectivity index (χ3n) is 5.69. The number of aryl methyl sites for hydroxylation is 2. The highest BCUT2D eigenvalue weighted by Gasteiger charge is 2.27. The smallest absolute Gasteiger partial charge is 0.258 e. The van der Waals surface area contributed by atoms with Gasteiger partial charge < -0.3 is 10.2 Å². The summed E-state index contributed by atoms with van der Waals surface area (Å²) in [5.74, 6) is 0.0730. The molecule has 0 unspecified atom stereocenters. The summed E-state index contributed by atoms with van der Waals surface area (Å²) in [6.07, 6.45) is 0.860. The lowest BCUT2D eigenvalue weighted by molar-refractivity contribution is 0.0989. The van der Waals surface area contributed by atoms with Crippen LogP contribution < -0.4 is 10.2 Å². The predicted molar refractivity (Wildman–Crippen MR) is 129 cm³/mol. The first kappa shape index (κ1) is 19.5. The van der Waals surface area contributed by atoms with Crippen LogP contribution in [0.5, 0.6) is 0 Å². The minimum atomic E-state index is 0.0730. The van der Waals surface area contributed by atoms with Crippen molar-refractivity contribution in [1.82, 2.24) is 4.98 Å². The van der Waals surface area contributed by atoms with Crippen LogP contribution in [0.25, 0.3) is 11.3 Å². The van der Waals surface area contributed by atoms with Crippen molar-refractivity contribution in [1.29, 1.82) is 0 Å². The van der Waals surface area contributed by atoms with Gasteiger partial charge in [0, 0.05) is 33.9 Å². The number of rotatable bonds is 4. The molecule has 0 saturated heterocycles. The minimum absolute atomic E-state index is 0.0730. The van der Waals surface area contributed by atoms with E-state index < -0.39 is 0 Å². The van der Waals surface area contributed by atoms with E-state index in [1.807, 2.05) is 66.4 Å². The third kappa shape index (κ3) is 3.73. The standard InChI is InChI=1S/C26H23N3OS/c1-17-8-6-7-11-22(17)25(30)29-15-14-19-16-20(12-13-23(19)29)24-18(2)31-26(28-24)27-21-9-4-3-5-10-21/h3-13,16H,14-15H2,1-2H3,(H,27,28). The fraction of sp³-hybridized carbons (Fsp3) is 0.154. The number of thiazole rings is 1. The first-order chi connectivity index (χ1) is 15.1. The Bertz CT molecular complexity index is 1260. The van der Waals surface area contributed by atoms with Crippen LogP contribution in [0.3, 0.4) is 0 Å². The largest absolute Gasteiger partial charge is 0.332 e. The molecule has 5 heteroatoms. The van der Waals surface area contributed by atoms with Gasteiger partial charge in [-0.3, -0.25) is 4.79 Å². The topological polar surface area (TPSA) is 45.2 Å². The van der Waals surface area contributed by atoms with E-state index in [-0.39, 0.29) is 5.91 Å². The van der Waals surface area contributed by atoms with Gasteiger partial charge in [0.15, 0.2) is 5.13 Å². The SMILES string of the molecule is Cc1ccccc1C(=O)N1CCc2cc(-c3nc(Nc4ccccc4)sc3C)ccc21. The van der Waals surface area contributed by atoms with Gasteiger partial charge >= 0.3 is 0 Å². The monoisotopic (exact) mass is 425 g/mol. The van der Waals surface area contributed by atoms with Crippen molar-refractivity contribution >= 4 is 33.8 Å². The Kier molecular flexibility index (Phi) is 5.04. The first-order valence-corrected chi connectivity index (χ1v) is 11.2. The summed E-state index contributed by atoms with van der Waals surface area (Å²) in [4.78, 5) is 21.0. The molecular formula is C26H23N3OS. The van der Waals surface area contributed by atoms with E-state index in [1.54, 1.807) is 11.3 Å². The number of hydrogen-bond donors (Lipinski definition) is 1. The van der Waals surface area contributed by atoms with E-state index in [0.717, 1.165) is 45.3 Å². The molecule has 2 heterocycles. The summed E-state index contributed by atoms with van der Waals surface area (Å²) in [7, 11) is 0. The number of anilines is 3. The zero-order valence-corrected chi connectivity index (χ0v) is 18.4. The highest BCUT2D eigenvalue weighted by Crippen LogP contribution is 2.37. The van der Waals surface area contributed by atoms with Crippen LogP contribution in [0, 0.1) is 13.8 Å². The van der Waals surface area contributed by atoms with E-state index in [2.05, 4.69) is 30.4 Å². The number of nitrogens with one attached hydrogen (secondary N) is 1. The van der Waals surface area contributed by atoms with Crippen LogP contribution in [0.1, 0.15) is 26.4 Å². The number of fused-ring (bicyclic) bond motifs is 1. The molecule has 0 aliphatic carbocycles. The lowest BCUT2D eigenvalue weighted by Gasteiger charge is -2.18. The molecule has 0 spiro atoms. The summed E-state index contributed by atoms with van der Waals surface area (Å²) < 4.78 is 0. The fourth-order valence-corrected chi connectivity index (χ4v) is 4.94. The van der Waals surface area contributed by atoms with Gasteiger partial charge in [0.25, 0.3) is 5.91 Å². The maximum atomic E-state index is 13.1. The zero-order chi connectivity index (χ0) is 21.4. The van der Waals surface area contributed by atoms with Gasteiger partial charge in [-0.25, -0.2) is 4.98 Å². The van der Waals surface area contributed by atoms with Crippen molar-refractivity contribution in [2.75, 3.05) is 16.8 Å². The van der Waals surface area contributed by atoms with Crippen LogP contribution in [0.2, 0.25) is 0 Å². The molecule has 1 N–H and O–H groups in total. The Morgan fingerprint density at radius 3 is 2.58 bits per heavy atom. The molecule has 154 valence electrons. The quantitative estimate of drug-likeness (QED) is 0.413. The molecule has 1 aliphatic heterocycles. The van der Waals surface area contributed by atoms with E-state index in [4.69, 9.17) is 4.98 Å². The normalized spacial score (nSPS) is 12.6. The second-order valence-electron chi connectivity index (χ2n) is 7.78. The van der Waals surface area contributed by atoms with Gasteiger partial charge in [0.1, 0.15) is 0 Å². The highest BCUT2D eigenvalue weighted by molar-refractivity contribution is 7.16. The number of hydrogen-bond acceptors (Lipinski definition) is 4. The first-order valence-electron chi connectivity index (χ1n) is 10.4. The molecule has 4 nitrogen and oxygen atoms in total. The van der Waals surface area contributed by atoms with Crippen molar-refractivity contribution in [3.8, 4) is 11.3 Å². The van der Waals surface area contributed by atoms with Crippen molar-refractivity contribution in [2.45, 2.75) is 20.3 Å². The van der Waals surface area contributed by atoms with Crippen LogP contribution in [0.15, 0.2) is 72.8 Å². The Morgan fingerprint density at radius 1 is 1.00 bits per heavy atom. The average Bonchev–Trinajstić information content (AvgIpc) is 3.37. The van der Waals surface area contributed by atoms with Crippen molar-refractivity contribution in [3.63, 3.8) is 0 Å². The number of aromatic nitrogens is 1. The van der Waals surface area contributed by atoms with Crippen LogP contribution in [-0.2, 0) is 6.42 Å². The molecule has 31 heavy (non-hydrogen) atoms. The van der Waals surface area contributed by atoms with Crippen LogP contribution in [0.4, 0.5) is 16.5 Å². The lowest BCUT2D eigenvalue weighted by atomic mass is 10.0. The molecule has 1 aliphatic rings. The molecule has 0 atom stereocenters. The second kappa shape index (κ2) is 8.00. The van der Waals surface area contributed by atoms with Gasteiger partial charge in [-0.05, 0) is 61.7 Å². The molecule has 0 bridgehead atoms. The molecular weight excluding hydrogens is 402 g/mol. The number of carbonyl (C=O) groups excluding carboxylic acids is 1. The Balaban J connectivity index is 1.42. The van der Waals surface area contributed by atoms with E-state index in [0.29, 0.717) is 6.54 Å². The number of para-hydroxylation sites is 1. The Labute approximate surface area is 186 Å². The third-order valence-corrected chi connectivity index (χ3v) is 6.58. The summed E-state index contributed by atoms with van der Waals surface area (Å²) >= 11 is 1.65. The maximum Gasteiger partial charge on any atom is 0.258 e. The second-order valence-corrected chi connectivity index (χ2v) is 8.98. The van der Waals surface area contributed by atoms with Gasteiger partial charge in [0.2, 0.25) is 0 Å². The van der Waals surface area contributed by atoms with E-state index in [9.17, 15) is 4.79 Å². The summed E-state index contributed by atoms with van der Waals surface area (Å²) in [6, 6.07) is 24.2. The minimum Gasteiger partial charge on any atom is -0.332 e. The fourth-order valence-electron chi connectivity index (χ4n) is 4.08. The van der Waals surface area contributed by atoms with Gasteiger partial charge in [-0.15, -0.1) is 11.3 Å². The van der Waals surface area contributed by atoms with Crippen molar-refractivity contribution in [3.05, 3.63) is 94.4 Å². The number of amides is 1. The lowest BCUT2D eigenvalue weighted by Crippen LogP contribution is -2.29. The molecule has 0 saturated carbocycles. The number of nitrogens with zero attached hydrogens (tertiary/aromatic N) is 2. The molecule has 3 aromatic carbocycles. The Morgan fingerprint density at radius 2 is 1.77 bits per heavy atom.